The Bertz CT molecular complexity index is 411. The van der Waals surface area contributed by atoms with Crippen molar-refractivity contribution >= 4 is 33.4 Å². The Balaban J connectivity index is 2.68. The number of alkyl halides is 1. The first-order valence-corrected chi connectivity index (χ1v) is 6.52. The zero-order valence-electron chi connectivity index (χ0n) is 9.64. The molecule has 0 spiro atoms. The zero-order valence-corrected chi connectivity index (χ0v) is 12.0. The quantitative estimate of drug-likeness (QED) is 0.844. The number of nitrogens with one attached hydrogen (secondary N) is 1. The van der Waals surface area contributed by atoms with Gasteiger partial charge in [-0.3, -0.25) is 4.79 Å². The highest BCUT2D eigenvalue weighted by molar-refractivity contribution is 9.10. The molecule has 1 atom stereocenters. The monoisotopic (exact) mass is 321 g/mol. The van der Waals surface area contributed by atoms with Crippen LogP contribution in [0.4, 0.5) is 4.39 Å². The Kier molecular flexibility index (Phi) is 5.40. The lowest BCUT2D eigenvalue weighted by Crippen LogP contribution is -2.32. The molecular formula is C12H14BrClFNO. The summed E-state index contributed by atoms with van der Waals surface area (Å²) in [4.78, 5) is 11.7. The first-order chi connectivity index (χ1) is 7.93. The predicted molar refractivity (Wildman–Crippen MR) is 70.9 cm³/mol. The van der Waals surface area contributed by atoms with Gasteiger partial charge in [0.1, 0.15) is 5.82 Å². The Hall–Kier alpha value is -0.610. The van der Waals surface area contributed by atoms with Crippen molar-refractivity contribution in [2.24, 2.45) is 5.92 Å². The van der Waals surface area contributed by atoms with Gasteiger partial charge in [-0.25, -0.2) is 4.39 Å². The first kappa shape index (κ1) is 14.5. The lowest BCUT2D eigenvalue weighted by molar-refractivity contribution is 0.0948. The summed E-state index contributed by atoms with van der Waals surface area (Å²) in [6, 6.07) is 4.60. The fraction of sp³-hybridized carbons (Fsp3) is 0.417. The second-order valence-electron chi connectivity index (χ2n) is 4.07. The molecule has 0 fully saturated rings. The smallest absolute Gasteiger partial charge is 0.254 e. The van der Waals surface area contributed by atoms with E-state index >= 15 is 0 Å². The summed E-state index contributed by atoms with van der Waals surface area (Å²) in [5.41, 5.74) is 0.0204. The van der Waals surface area contributed by atoms with Crippen LogP contribution in [0.3, 0.4) is 0 Å². The molecular weight excluding hydrogens is 308 g/mol. The molecule has 0 saturated carbocycles. The summed E-state index contributed by atoms with van der Waals surface area (Å²) in [6.45, 7) is 4.25. The largest absolute Gasteiger partial charge is 0.350 e. The summed E-state index contributed by atoms with van der Waals surface area (Å²) in [6.07, 6.45) is 0. The molecule has 1 rings (SSSR count). The van der Waals surface area contributed by atoms with E-state index in [0.717, 1.165) is 0 Å². The van der Waals surface area contributed by atoms with Crippen molar-refractivity contribution < 1.29 is 9.18 Å². The number of amides is 1. The van der Waals surface area contributed by atoms with Crippen molar-refractivity contribution in [1.82, 2.24) is 5.32 Å². The maximum absolute atomic E-state index is 13.6. The average Bonchev–Trinajstić information content (AvgIpc) is 2.29. The predicted octanol–water partition coefficient (Wildman–Crippen LogP) is 3.58. The van der Waals surface area contributed by atoms with Gasteiger partial charge in [-0.05, 0) is 34.0 Å². The van der Waals surface area contributed by atoms with Crippen LogP contribution >= 0.6 is 27.5 Å². The maximum Gasteiger partial charge on any atom is 0.254 e. The molecule has 0 heterocycles. The van der Waals surface area contributed by atoms with Crippen molar-refractivity contribution in [1.29, 1.82) is 0 Å². The topological polar surface area (TPSA) is 29.1 Å². The number of hydrogen-bond acceptors (Lipinski definition) is 1. The number of carbonyl (C=O) groups is 1. The molecule has 1 N–H and O–H groups in total. The van der Waals surface area contributed by atoms with Crippen LogP contribution in [0.1, 0.15) is 24.2 Å². The van der Waals surface area contributed by atoms with Crippen LogP contribution in [0.25, 0.3) is 0 Å². The lowest BCUT2D eigenvalue weighted by Gasteiger charge is -2.14. The number of hydrogen-bond donors (Lipinski definition) is 1. The van der Waals surface area contributed by atoms with Gasteiger partial charge in [-0.15, -0.1) is 11.6 Å². The van der Waals surface area contributed by atoms with Crippen molar-refractivity contribution in [2.75, 3.05) is 6.54 Å². The van der Waals surface area contributed by atoms with Crippen LogP contribution in [-0.2, 0) is 0 Å². The molecule has 5 heteroatoms. The summed E-state index contributed by atoms with van der Waals surface area (Å²) in [7, 11) is 0. The second-order valence-corrected chi connectivity index (χ2v) is 5.49. The fourth-order valence-electron chi connectivity index (χ4n) is 1.20. The Labute approximate surface area is 114 Å². The molecule has 0 aliphatic carbocycles. The van der Waals surface area contributed by atoms with E-state index in [1.54, 1.807) is 12.1 Å². The van der Waals surface area contributed by atoms with Crippen molar-refractivity contribution in [2.45, 2.75) is 19.2 Å². The molecule has 0 radical (unpaired) electrons. The van der Waals surface area contributed by atoms with E-state index < -0.39 is 11.7 Å². The van der Waals surface area contributed by atoms with Gasteiger partial charge in [0.15, 0.2) is 0 Å². The molecule has 0 aliphatic rings. The molecule has 1 unspecified atom stereocenters. The third kappa shape index (κ3) is 3.96. The molecule has 0 aromatic heterocycles. The SMILES string of the molecule is CC(C)C(Cl)CNC(=O)c1cccc(Br)c1F. The highest BCUT2D eigenvalue weighted by Gasteiger charge is 2.16. The van der Waals surface area contributed by atoms with E-state index in [1.807, 2.05) is 13.8 Å². The highest BCUT2D eigenvalue weighted by atomic mass is 79.9. The molecule has 0 saturated heterocycles. The third-order valence-corrected chi connectivity index (χ3v) is 3.65. The number of rotatable bonds is 4. The third-order valence-electron chi connectivity index (χ3n) is 2.38. The molecule has 17 heavy (non-hydrogen) atoms. The summed E-state index contributed by atoms with van der Waals surface area (Å²) in [5.74, 6) is -0.750. The van der Waals surface area contributed by atoms with Crippen molar-refractivity contribution in [3.8, 4) is 0 Å². The summed E-state index contributed by atoms with van der Waals surface area (Å²) >= 11 is 9.04. The Morgan fingerprint density at radius 2 is 2.18 bits per heavy atom. The van der Waals surface area contributed by atoms with Gasteiger partial charge < -0.3 is 5.32 Å². The minimum absolute atomic E-state index is 0.0204. The van der Waals surface area contributed by atoms with Crippen LogP contribution in [0.15, 0.2) is 22.7 Å². The second kappa shape index (κ2) is 6.36. The van der Waals surface area contributed by atoms with Crippen LogP contribution in [-0.4, -0.2) is 17.8 Å². The first-order valence-electron chi connectivity index (χ1n) is 5.29. The van der Waals surface area contributed by atoms with E-state index in [9.17, 15) is 9.18 Å². The van der Waals surface area contributed by atoms with E-state index in [1.165, 1.54) is 6.07 Å². The normalized spacial score (nSPS) is 12.6. The molecule has 94 valence electrons. The Morgan fingerprint density at radius 1 is 1.53 bits per heavy atom. The number of halogens is 3. The molecule has 1 aromatic carbocycles. The van der Waals surface area contributed by atoms with Gasteiger partial charge in [-0.2, -0.15) is 0 Å². The van der Waals surface area contributed by atoms with E-state index in [-0.39, 0.29) is 21.3 Å². The van der Waals surface area contributed by atoms with Gasteiger partial charge in [-0.1, -0.05) is 19.9 Å². The van der Waals surface area contributed by atoms with Gasteiger partial charge in [0.05, 0.1) is 15.4 Å². The number of carbonyl (C=O) groups excluding carboxylic acids is 1. The van der Waals surface area contributed by atoms with Gasteiger partial charge in [0.25, 0.3) is 5.91 Å². The summed E-state index contributed by atoms with van der Waals surface area (Å²) < 4.78 is 13.9. The van der Waals surface area contributed by atoms with Gasteiger partial charge in [0.2, 0.25) is 0 Å². The van der Waals surface area contributed by atoms with Crippen molar-refractivity contribution in [3.05, 3.63) is 34.1 Å². The van der Waals surface area contributed by atoms with Crippen LogP contribution in [0.2, 0.25) is 0 Å². The molecule has 1 aromatic rings. The van der Waals surface area contributed by atoms with Crippen molar-refractivity contribution in [3.63, 3.8) is 0 Å². The van der Waals surface area contributed by atoms with Crippen LogP contribution < -0.4 is 5.32 Å². The Morgan fingerprint density at radius 3 is 2.76 bits per heavy atom. The minimum Gasteiger partial charge on any atom is -0.350 e. The van der Waals surface area contributed by atoms with E-state index in [2.05, 4.69) is 21.2 Å². The molecule has 1 amide bonds. The highest BCUT2D eigenvalue weighted by Crippen LogP contribution is 2.18. The van der Waals surface area contributed by atoms with Crippen LogP contribution in [0.5, 0.6) is 0 Å². The zero-order chi connectivity index (χ0) is 13.0. The number of benzene rings is 1. The standard InChI is InChI=1S/C12H14BrClFNO/c1-7(2)10(14)6-16-12(17)8-4-3-5-9(13)11(8)15/h3-5,7,10H,6H2,1-2H3,(H,16,17). The maximum atomic E-state index is 13.6. The molecule has 2 nitrogen and oxygen atoms in total. The van der Waals surface area contributed by atoms with Gasteiger partial charge in [0, 0.05) is 6.54 Å². The summed E-state index contributed by atoms with van der Waals surface area (Å²) in [5, 5.41) is 2.46. The van der Waals surface area contributed by atoms with E-state index in [0.29, 0.717) is 6.54 Å². The lowest BCUT2D eigenvalue weighted by atomic mass is 10.1. The molecule has 0 bridgehead atoms. The minimum atomic E-state index is -0.555. The fourth-order valence-corrected chi connectivity index (χ4v) is 1.64. The van der Waals surface area contributed by atoms with Crippen LogP contribution in [0, 0.1) is 11.7 Å². The average molecular weight is 323 g/mol. The van der Waals surface area contributed by atoms with E-state index in [4.69, 9.17) is 11.6 Å². The molecule has 0 aliphatic heterocycles. The van der Waals surface area contributed by atoms with Gasteiger partial charge >= 0.3 is 0 Å².